The van der Waals surface area contributed by atoms with E-state index in [0.717, 1.165) is 29.2 Å². The summed E-state index contributed by atoms with van der Waals surface area (Å²) in [5.74, 6) is 2.64. The molecule has 144 valence electrons. The van der Waals surface area contributed by atoms with Gasteiger partial charge in [0.2, 0.25) is 5.11 Å². The summed E-state index contributed by atoms with van der Waals surface area (Å²) in [5, 5.41) is 8.81. The molecular weight excluding hydrogens is 376 g/mol. The standard InChI is InChI=1S/C19H26N6S2/c1-12(16-4-2-3-5-20-16)22-24-18(27)25-23-17(26)21-19-9-13-6-14(10-19)8-15(7-13)11-19/h2-5,13-15H,6-11H2,1H3,(H2,21,23,26)(H2,24,25,27)/b22-12+. The zero-order valence-corrected chi connectivity index (χ0v) is 17.1. The number of pyridine rings is 1. The number of nitrogens with zero attached hydrogens (tertiary/aromatic N) is 2. The van der Waals surface area contributed by atoms with Crippen molar-refractivity contribution >= 4 is 40.4 Å². The summed E-state index contributed by atoms with van der Waals surface area (Å²) in [5.41, 5.74) is 10.5. The number of nitrogens with one attached hydrogen (secondary N) is 4. The Hall–Kier alpha value is -1.80. The molecule has 0 unspecified atom stereocenters. The van der Waals surface area contributed by atoms with Gasteiger partial charge in [0.1, 0.15) is 0 Å². The molecule has 0 saturated heterocycles. The molecule has 0 radical (unpaired) electrons. The van der Waals surface area contributed by atoms with Crippen LogP contribution in [0.15, 0.2) is 29.5 Å². The molecule has 6 nitrogen and oxygen atoms in total. The quantitative estimate of drug-likeness (QED) is 0.352. The van der Waals surface area contributed by atoms with Crippen molar-refractivity contribution in [2.45, 2.75) is 51.0 Å². The van der Waals surface area contributed by atoms with Crippen molar-refractivity contribution in [2.75, 3.05) is 0 Å². The van der Waals surface area contributed by atoms with Gasteiger partial charge in [-0.25, -0.2) is 0 Å². The summed E-state index contributed by atoms with van der Waals surface area (Å²) in [7, 11) is 0. The Labute approximate surface area is 170 Å². The maximum Gasteiger partial charge on any atom is 0.205 e. The first-order valence-corrected chi connectivity index (χ1v) is 10.4. The van der Waals surface area contributed by atoms with E-state index in [1.165, 1.54) is 38.5 Å². The fourth-order valence-electron chi connectivity index (χ4n) is 5.45. The van der Waals surface area contributed by atoms with Gasteiger partial charge in [-0.15, -0.1) is 0 Å². The molecule has 1 aromatic rings. The Morgan fingerprint density at radius 1 is 1.04 bits per heavy atom. The topological polar surface area (TPSA) is 73.4 Å². The monoisotopic (exact) mass is 402 g/mol. The lowest BCUT2D eigenvalue weighted by Gasteiger charge is -2.57. The highest BCUT2D eigenvalue weighted by Crippen LogP contribution is 2.55. The van der Waals surface area contributed by atoms with E-state index < -0.39 is 0 Å². The average Bonchev–Trinajstić information content (AvgIpc) is 2.63. The van der Waals surface area contributed by atoms with Gasteiger partial charge in [-0.3, -0.25) is 21.3 Å². The molecule has 0 aromatic carbocycles. The Morgan fingerprint density at radius 3 is 2.26 bits per heavy atom. The predicted molar refractivity (Wildman–Crippen MR) is 115 cm³/mol. The number of hydrogen-bond acceptors (Lipinski definition) is 4. The first-order chi connectivity index (χ1) is 13.0. The lowest BCUT2D eigenvalue weighted by atomic mass is 9.53. The van der Waals surface area contributed by atoms with Gasteiger partial charge < -0.3 is 5.32 Å². The largest absolute Gasteiger partial charge is 0.356 e. The minimum atomic E-state index is 0.184. The summed E-state index contributed by atoms with van der Waals surface area (Å²) < 4.78 is 0. The Bertz CT molecular complexity index is 713. The van der Waals surface area contributed by atoms with Crippen molar-refractivity contribution in [3.05, 3.63) is 30.1 Å². The van der Waals surface area contributed by atoms with Gasteiger partial charge in [0.05, 0.1) is 11.4 Å². The normalized spacial score (nSPS) is 31.3. The second-order valence-corrected chi connectivity index (χ2v) is 9.07. The second-order valence-electron chi connectivity index (χ2n) is 8.26. The van der Waals surface area contributed by atoms with E-state index in [1.54, 1.807) is 6.20 Å². The molecule has 8 heteroatoms. The lowest BCUT2D eigenvalue weighted by molar-refractivity contribution is -0.0102. The second kappa shape index (κ2) is 7.67. The molecule has 4 aliphatic carbocycles. The van der Waals surface area contributed by atoms with Crippen molar-refractivity contribution < 1.29 is 0 Å². The molecule has 5 rings (SSSR count). The van der Waals surface area contributed by atoms with Crippen LogP contribution in [0, 0.1) is 17.8 Å². The van der Waals surface area contributed by atoms with Gasteiger partial charge in [0.25, 0.3) is 0 Å². The summed E-state index contributed by atoms with van der Waals surface area (Å²) in [6, 6.07) is 5.70. The third kappa shape index (κ3) is 4.38. The van der Waals surface area contributed by atoms with Gasteiger partial charge in [-0.2, -0.15) is 5.10 Å². The Balaban J connectivity index is 1.24. The summed E-state index contributed by atoms with van der Waals surface area (Å²) in [6.07, 6.45) is 9.73. The Kier molecular flexibility index (Phi) is 5.27. The zero-order chi connectivity index (χ0) is 18.9. The smallest absolute Gasteiger partial charge is 0.205 e. The third-order valence-electron chi connectivity index (χ3n) is 6.07. The maximum atomic E-state index is 5.50. The van der Waals surface area contributed by atoms with Crippen LogP contribution in [-0.4, -0.2) is 26.5 Å². The lowest BCUT2D eigenvalue weighted by Crippen LogP contribution is -2.63. The van der Waals surface area contributed by atoms with E-state index in [-0.39, 0.29) is 5.54 Å². The molecule has 27 heavy (non-hydrogen) atoms. The average molecular weight is 403 g/mol. The van der Waals surface area contributed by atoms with Crippen LogP contribution in [0.2, 0.25) is 0 Å². The number of hydrazone groups is 1. The highest BCUT2D eigenvalue weighted by Gasteiger charge is 2.51. The molecule has 0 spiro atoms. The van der Waals surface area contributed by atoms with Crippen molar-refractivity contribution in [2.24, 2.45) is 22.9 Å². The summed E-state index contributed by atoms with van der Waals surface area (Å²) in [6.45, 7) is 1.88. The number of aromatic nitrogens is 1. The van der Waals surface area contributed by atoms with E-state index in [2.05, 4.69) is 31.7 Å². The molecule has 4 N–H and O–H groups in total. The van der Waals surface area contributed by atoms with E-state index in [9.17, 15) is 0 Å². The van der Waals surface area contributed by atoms with Crippen LogP contribution in [-0.2, 0) is 0 Å². The summed E-state index contributed by atoms with van der Waals surface area (Å²) >= 11 is 10.8. The minimum absolute atomic E-state index is 0.184. The van der Waals surface area contributed by atoms with Crippen LogP contribution in [0.1, 0.15) is 51.1 Å². The number of thiocarbonyl (C=S) groups is 2. The van der Waals surface area contributed by atoms with E-state index in [1.807, 2.05) is 25.1 Å². The van der Waals surface area contributed by atoms with Gasteiger partial charge in [-0.05, 0) is 99.8 Å². The fourth-order valence-corrected chi connectivity index (χ4v) is 5.81. The molecule has 4 bridgehead atoms. The number of rotatable bonds is 3. The molecule has 4 aliphatic rings. The molecule has 4 fully saturated rings. The minimum Gasteiger partial charge on any atom is -0.356 e. The van der Waals surface area contributed by atoms with Gasteiger partial charge in [0, 0.05) is 11.7 Å². The van der Waals surface area contributed by atoms with Crippen molar-refractivity contribution in [3.63, 3.8) is 0 Å². The van der Waals surface area contributed by atoms with Crippen molar-refractivity contribution in [1.82, 2.24) is 26.6 Å². The first-order valence-electron chi connectivity index (χ1n) is 9.61. The predicted octanol–water partition coefficient (Wildman–Crippen LogP) is 2.62. The molecule has 0 amide bonds. The maximum absolute atomic E-state index is 5.50. The Morgan fingerprint density at radius 2 is 1.67 bits per heavy atom. The summed E-state index contributed by atoms with van der Waals surface area (Å²) in [4.78, 5) is 4.25. The van der Waals surface area contributed by atoms with Crippen LogP contribution in [0.5, 0.6) is 0 Å². The van der Waals surface area contributed by atoms with Crippen LogP contribution in [0.3, 0.4) is 0 Å². The molecular formula is C19H26N6S2. The molecule has 1 aromatic heterocycles. The van der Waals surface area contributed by atoms with Gasteiger partial charge in [0.15, 0.2) is 5.11 Å². The molecule has 1 heterocycles. The number of hydrogen-bond donors (Lipinski definition) is 4. The fraction of sp³-hybridized carbons (Fsp3) is 0.579. The van der Waals surface area contributed by atoms with Crippen LogP contribution in [0.4, 0.5) is 0 Å². The van der Waals surface area contributed by atoms with Crippen LogP contribution < -0.4 is 21.6 Å². The number of hydrazine groups is 1. The van der Waals surface area contributed by atoms with E-state index in [0.29, 0.717) is 10.2 Å². The van der Waals surface area contributed by atoms with Gasteiger partial charge in [-0.1, -0.05) is 6.07 Å². The van der Waals surface area contributed by atoms with Crippen LogP contribution >= 0.6 is 24.4 Å². The molecule has 4 saturated carbocycles. The molecule has 0 atom stereocenters. The van der Waals surface area contributed by atoms with Crippen LogP contribution in [0.25, 0.3) is 0 Å². The van der Waals surface area contributed by atoms with Gasteiger partial charge >= 0.3 is 0 Å². The first kappa shape index (κ1) is 18.6. The van der Waals surface area contributed by atoms with Crippen molar-refractivity contribution in [3.8, 4) is 0 Å². The SMILES string of the molecule is C/C(=N\NC(=S)NNC(=S)NC12CC3CC(CC(C3)C1)C2)c1ccccn1. The molecule has 0 aliphatic heterocycles. The highest BCUT2D eigenvalue weighted by molar-refractivity contribution is 7.80. The van der Waals surface area contributed by atoms with E-state index >= 15 is 0 Å². The van der Waals surface area contributed by atoms with Crippen molar-refractivity contribution in [1.29, 1.82) is 0 Å². The highest BCUT2D eigenvalue weighted by atomic mass is 32.1. The van der Waals surface area contributed by atoms with E-state index in [4.69, 9.17) is 24.4 Å². The zero-order valence-electron chi connectivity index (χ0n) is 15.5. The third-order valence-corrected chi connectivity index (χ3v) is 6.46.